The molecular weight excluding hydrogens is 133 g/mol. The van der Waals surface area contributed by atoms with Crippen molar-refractivity contribution in [3.8, 4) is 0 Å². The predicted molar refractivity (Wildman–Crippen MR) is 35.5 cm³/mol. The van der Waals surface area contributed by atoms with E-state index in [-0.39, 0.29) is 6.54 Å². The number of aldehydes is 1. The fourth-order valence-electron chi connectivity index (χ4n) is 0.328. The van der Waals surface area contributed by atoms with E-state index in [1.165, 1.54) is 0 Å². The van der Waals surface area contributed by atoms with Crippen LogP contribution < -0.4 is 5.32 Å². The van der Waals surface area contributed by atoms with Crippen LogP contribution in [0.2, 0.25) is 0 Å². The van der Waals surface area contributed by atoms with E-state index in [1.54, 1.807) is 0 Å². The Bertz CT molecular complexity index is 162. The molecule has 0 heterocycles. The van der Waals surface area contributed by atoms with Gasteiger partial charge in [-0.15, -0.1) is 0 Å². The third kappa shape index (κ3) is 4.89. The zero-order valence-corrected chi connectivity index (χ0v) is 5.20. The Morgan fingerprint density at radius 3 is 2.70 bits per heavy atom. The lowest BCUT2D eigenvalue weighted by atomic mass is 10.1. The first-order valence-corrected chi connectivity index (χ1v) is 2.54. The molecule has 0 fully saturated rings. The smallest absolute Gasteiger partial charge is 0.246 e. The quantitative estimate of drug-likeness (QED) is 0.225. The molecule has 0 aromatic rings. The summed E-state index contributed by atoms with van der Waals surface area (Å²) in [7, 11) is 4.73. The average molecular weight is 139 g/mol. The molecule has 0 saturated carbocycles. The van der Waals surface area contributed by atoms with Crippen LogP contribution in [0.5, 0.6) is 0 Å². The topological polar surface area (TPSA) is 66.4 Å². The zero-order chi connectivity index (χ0) is 7.98. The molecular formula is C5H6BNO3. The zero-order valence-electron chi connectivity index (χ0n) is 5.20. The first-order valence-electron chi connectivity index (χ1n) is 2.54. The Balaban J connectivity index is 3.64. The highest BCUT2D eigenvalue weighted by atomic mass is 16.3. The maximum Gasteiger partial charge on any atom is 0.246 e. The van der Waals surface area contributed by atoms with Crippen molar-refractivity contribution in [2.75, 3.05) is 6.54 Å². The van der Waals surface area contributed by atoms with Gasteiger partial charge in [-0.2, -0.15) is 0 Å². The van der Waals surface area contributed by atoms with Gasteiger partial charge in [0.2, 0.25) is 5.91 Å². The molecule has 0 aromatic carbocycles. The maximum atomic E-state index is 10.4. The fraction of sp³-hybridized carbons (Fsp3) is 0.200. The van der Waals surface area contributed by atoms with Gasteiger partial charge in [-0.3, -0.25) is 4.79 Å². The molecule has 10 heavy (non-hydrogen) atoms. The Hall–Kier alpha value is -1.26. The summed E-state index contributed by atoms with van der Waals surface area (Å²) < 4.78 is 0. The lowest BCUT2D eigenvalue weighted by Crippen LogP contribution is -2.23. The predicted octanol–water partition coefficient (Wildman–Crippen LogP) is -1.13. The SMILES string of the molecule is [B]/C(O)=C/C(=O)NCC=O. The number of nitrogens with one attached hydrogen (secondary N) is 1. The van der Waals surface area contributed by atoms with E-state index in [9.17, 15) is 9.59 Å². The summed E-state index contributed by atoms with van der Waals surface area (Å²) in [6, 6.07) is 0. The van der Waals surface area contributed by atoms with Crippen LogP contribution >= 0.6 is 0 Å². The van der Waals surface area contributed by atoms with Gasteiger partial charge in [-0.25, -0.2) is 0 Å². The molecule has 0 aliphatic rings. The molecule has 2 N–H and O–H groups in total. The standard InChI is InChI=1S/C5H6BNO3/c6-4(9)3-5(10)7-1-2-8/h2-3,9H,1H2,(H,7,10)/b4-3-. The van der Waals surface area contributed by atoms with Gasteiger partial charge in [0.15, 0.2) is 7.85 Å². The summed E-state index contributed by atoms with van der Waals surface area (Å²) in [5.74, 6) is -0.591. The monoisotopic (exact) mass is 139 g/mol. The molecule has 4 nitrogen and oxygen atoms in total. The minimum atomic E-state index is -0.591. The average Bonchev–Trinajstić information content (AvgIpc) is 1.82. The number of hydrogen-bond acceptors (Lipinski definition) is 3. The Morgan fingerprint density at radius 2 is 2.30 bits per heavy atom. The van der Waals surface area contributed by atoms with Gasteiger partial charge in [-0.1, -0.05) is 0 Å². The third-order valence-electron chi connectivity index (χ3n) is 0.639. The van der Waals surface area contributed by atoms with Gasteiger partial charge in [0.25, 0.3) is 0 Å². The van der Waals surface area contributed by atoms with Crippen molar-refractivity contribution in [2.24, 2.45) is 0 Å². The van der Waals surface area contributed by atoms with E-state index in [4.69, 9.17) is 13.0 Å². The summed E-state index contributed by atoms with van der Waals surface area (Å²) in [6.07, 6.45) is 1.31. The van der Waals surface area contributed by atoms with Crippen LogP contribution in [0.1, 0.15) is 0 Å². The van der Waals surface area contributed by atoms with Crippen LogP contribution in [0.4, 0.5) is 0 Å². The van der Waals surface area contributed by atoms with E-state index in [0.717, 1.165) is 6.08 Å². The van der Waals surface area contributed by atoms with Crippen LogP contribution in [0, 0.1) is 0 Å². The minimum absolute atomic E-state index is 0.0807. The number of aliphatic hydroxyl groups excluding tert-OH is 1. The lowest BCUT2D eigenvalue weighted by Gasteiger charge is -1.93. The van der Waals surface area contributed by atoms with Gasteiger partial charge in [0.05, 0.1) is 6.54 Å². The number of aliphatic hydroxyl groups is 1. The van der Waals surface area contributed by atoms with Crippen LogP contribution in [0.15, 0.2) is 11.7 Å². The fourth-order valence-corrected chi connectivity index (χ4v) is 0.328. The molecule has 1 amide bonds. The molecule has 0 atom stereocenters. The lowest BCUT2D eigenvalue weighted by molar-refractivity contribution is -0.118. The molecule has 0 spiro atoms. The molecule has 0 unspecified atom stereocenters. The molecule has 0 aliphatic heterocycles. The summed E-state index contributed by atoms with van der Waals surface area (Å²) in [6.45, 7) is -0.0807. The molecule has 0 saturated heterocycles. The van der Waals surface area contributed by atoms with Gasteiger partial charge < -0.3 is 15.2 Å². The van der Waals surface area contributed by atoms with Gasteiger partial charge in [0, 0.05) is 11.7 Å². The summed E-state index contributed by atoms with van der Waals surface area (Å²) in [5, 5.41) is 10.5. The molecule has 5 heteroatoms. The second kappa shape index (κ2) is 4.61. The second-order valence-electron chi connectivity index (χ2n) is 1.48. The van der Waals surface area contributed by atoms with Crippen molar-refractivity contribution in [3.63, 3.8) is 0 Å². The molecule has 0 aromatic heterocycles. The molecule has 0 bridgehead atoms. The highest BCUT2D eigenvalue weighted by molar-refractivity contribution is 6.21. The number of carbonyl (C=O) groups excluding carboxylic acids is 2. The first-order chi connectivity index (χ1) is 4.66. The number of rotatable bonds is 3. The van der Waals surface area contributed by atoms with Gasteiger partial charge >= 0.3 is 0 Å². The Labute approximate surface area is 59.3 Å². The maximum absolute atomic E-state index is 10.4. The number of carbonyl (C=O) groups is 2. The Kier molecular flexibility index (Phi) is 4.03. The van der Waals surface area contributed by atoms with E-state index in [2.05, 4.69) is 5.32 Å². The minimum Gasteiger partial charge on any atom is -0.524 e. The number of hydrogen-bond donors (Lipinski definition) is 2. The normalized spacial score (nSPS) is 10.6. The van der Waals surface area contributed by atoms with Gasteiger partial charge in [0.1, 0.15) is 6.29 Å². The van der Waals surface area contributed by atoms with Gasteiger partial charge in [-0.05, 0) is 0 Å². The summed E-state index contributed by atoms with van der Waals surface area (Å²) in [4.78, 5) is 20.1. The largest absolute Gasteiger partial charge is 0.524 e. The molecule has 52 valence electrons. The molecule has 2 radical (unpaired) electrons. The molecule has 0 rings (SSSR count). The van der Waals surface area contributed by atoms with Crippen LogP contribution in [0.3, 0.4) is 0 Å². The van der Waals surface area contributed by atoms with E-state index in [1.807, 2.05) is 0 Å². The Morgan fingerprint density at radius 1 is 1.70 bits per heavy atom. The van der Waals surface area contributed by atoms with Crippen LogP contribution in [0.25, 0.3) is 0 Å². The van der Waals surface area contributed by atoms with Crippen LogP contribution in [-0.4, -0.2) is 31.7 Å². The van der Waals surface area contributed by atoms with Crippen molar-refractivity contribution in [1.82, 2.24) is 5.32 Å². The van der Waals surface area contributed by atoms with Crippen molar-refractivity contribution < 1.29 is 14.7 Å². The highest BCUT2D eigenvalue weighted by Crippen LogP contribution is 1.76. The third-order valence-corrected chi connectivity index (χ3v) is 0.639. The summed E-state index contributed by atoms with van der Waals surface area (Å²) in [5.41, 5.74) is -0.580. The second-order valence-corrected chi connectivity index (χ2v) is 1.48. The van der Waals surface area contributed by atoms with Crippen molar-refractivity contribution >= 4 is 20.0 Å². The van der Waals surface area contributed by atoms with E-state index in [0.29, 0.717) is 6.29 Å². The first kappa shape index (κ1) is 8.74. The van der Waals surface area contributed by atoms with E-state index < -0.39 is 11.6 Å². The summed E-state index contributed by atoms with van der Waals surface area (Å²) >= 11 is 0. The van der Waals surface area contributed by atoms with Crippen molar-refractivity contribution in [1.29, 1.82) is 0 Å². The number of amides is 1. The van der Waals surface area contributed by atoms with E-state index >= 15 is 0 Å². The molecule has 0 aliphatic carbocycles. The van der Waals surface area contributed by atoms with Crippen molar-refractivity contribution in [2.45, 2.75) is 0 Å². The highest BCUT2D eigenvalue weighted by Gasteiger charge is 1.93. The van der Waals surface area contributed by atoms with Crippen LogP contribution in [-0.2, 0) is 9.59 Å². The van der Waals surface area contributed by atoms with Crippen molar-refractivity contribution in [3.05, 3.63) is 11.7 Å².